The van der Waals surface area contributed by atoms with Crippen LogP contribution in [0.25, 0.3) is 6.08 Å². The highest BCUT2D eigenvalue weighted by molar-refractivity contribution is 5.93. The van der Waals surface area contributed by atoms with E-state index in [0.717, 1.165) is 5.56 Å². The first-order valence-corrected chi connectivity index (χ1v) is 4.54. The molecule has 0 atom stereocenters. The van der Waals surface area contributed by atoms with Crippen LogP contribution in [0.4, 0.5) is 0 Å². The van der Waals surface area contributed by atoms with E-state index in [2.05, 4.69) is 5.32 Å². The van der Waals surface area contributed by atoms with E-state index in [4.69, 9.17) is 4.74 Å². The van der Waals surface area contributed by atoms with Crippen molar-refractivity contribution in [1.82, 2.24) is 5.32 Å². The van der Waals surface area contributed by atoms with Crippen molar-refractivity contribution in [3.8, 4) is 0 Å². The van der Waals surface area contributed by atoms with Gasteiger partial charge in [0.25, 0.3) is 0 Å². The standard InChI is InChI=1S/C11H11NO2/c13-11-10(12-6-7-14-11)8-9-4-2-1-3-5-9/h1-5,8,12H,6-7H2/b10-8-. The fourth-order valence-corrected chi connectivity index (χ4v) is 1.31. The van der Waals surface area contributed by atoms with Gasteiger partial charge < -0.3 is 10.1 Å². The van der Waals surface area contributed by atoms with Gasteiger partial charge in [-0.2, -0.15) is 0 Å². The highest BCUT2D eigenvalue weighted by atomic mass is 16.5. The van der Waals surface area contributed by atoms with Gasteiger partial charge in [0, 0.05) is 6.54 Å². The van der Waals surface area contributed by atoms with Gasteiger partial charge in [-0.15, -0.1) is 0 Å². The molecule has 2 rings (SSSR count). The summed E-state index contributed by atoms with van der Waals surface area (Å²) in [7, 11) is 0. The molecule has 1 aromatic carbocycles. The van der Waals surface area contributed by atoms with E-state index in [9.17, 15) is 4.79 Å². The van der Waals surface area contributed by atoms with Crippen LogP contribution in [0.5, 0.6) is 0 Å². The van der Waals surface area contributed by atoms with Crippen molar-refractivity contribution in [3.63, 3.8) is 0 Å². The van der Waals surface area contributed by atoms with Gasteiger partial charge in [0.15, 0.2) is 0 Å². The quantitative estimate of drug-likeness (QED) is 0.532. The molecule has 1 aliphatic rings. The zero-order chi connectivity index (χ0) is 9.80. The Bertz CT molecular complexity index is 357. The van der Waals surface area contributed by atoms with Gasteiger partial charge >= 0.3 is 5.97 Å². The van der Waals surface area contributed by atoms with E-state index >= 15 is 0 Å². The van der Waals surface area contributed by atoms with Crippen molar-refractivity contribution in [2.75, 3.05) is 13.2 Å². The number of carbonyl (C=O) groups is 1. The Morgan fingerprint density at radius 1 is 1.29 bits per heavy atom. The minimum atomic E-state index is -0.278. The van der Waals surface area contributed by atoms with Crippen molar-refractivity contribution in [1.29, 1.82) is 0 Å². The molecule has 1 N–H and O–H groups in total. The first kappa shape index (κ1) is 8.81. The molecule has 0 saturated carbocycles. The van der Waals surface area contributed by atoms with E-state index < -0.39 is 0 Å². The Hall–Kier alpha value is -1.77. The average Bonchev–Trinajstić information content (AvgIpc) is 2.23. The van der Waals surface area contributed by atoms with Crippen molar-refractivity contribution in [2.45, 2.75) is 0 Å². The number of carbonyl (C=O) groups excluding carboxylic acids is 1. The largest absolute Gasteiger partial charge is 0.459 e. The molecule has 14 heavy (non-hydrogen) atoms. The predicted molar refractivity (Wildman–Crippen MR) is 53.4 cm³/mol. The molecule has 3 heteroatoms. The Morgan fingerprint density at radius 2 is 2.07 bits per heavy atom. The van der Waals surface area contributed by atoms with Gasteiger partial charge in [-0.1, -0.05) is 30.3 Å². The summed E-state index contributed by atoms with van der Waals surface area (Å²) in [6, 6.07) is 9.68. The van der Waals surface area contributed by atoms with Gasteiger partial charge in [-0.05, 0) is 11.6 Å². The van der Waals surface area contributed by atoms with Crippen LogP contribution in [0.15, 0.2) is 36.0 Å². The third kappa shape index (κ3) is 1.93. The highest BCUT2D eigenvalue weighted by Gasteiger charge is 2.14. The second-order valence-electron chi connectivity index (χ2n) is 3.03. The zero-order valence-electron chi connectivity index (χ0n) is 7.69. The number of cyclic esters (lactones) is 1. The lowest BCUT2D eigenvalue weighted by atomic mass is 10.2. The van der Waals surface area contributed by atoms with Crippen molar-refractivity contribution in [2.24, 2.45) is 0 Å². The first-order valence-electron chi connectivity index (χ1n) is 4.54. The lowest BCUT2D eigenvalue weighted by Crippen LogP contribution is -2.32. The zero-order valence-corrected chi connectivity index (χ0v) is 7.69. The molecule has 1 heterocycles. The first-order chi connectivity index (χ1) is 6.86. The second-order valence-corrected chi connectivity index (χ2v) is 3.03. The normalized spacial score (nSPS) is 18.9. The van der Waals surface area contributed by atoms with E-state index in [1.54, 1.807) is 6.08 Å². The number of nitrogens with one attached hydrogen (secondary N) is 1. The fraction of sp³-hybridized carbons (Fsp3) is 0.182. The lowest BCUT2D eigenvalue weighted by Gasteiger charge is -2.16. The highest BCUT2D eigenvalue weighted by Crippen LogP contribution is 2.07. The summed E-state index contributed by atoms with van der Waals surface area (Å²) < 4.78 is 4.89. The topological polar surface area (TPSA) is 38.3 Å². The summed E-state index contributed by atoms with van der Waals surface area (Å²) in [6.45, 7) is 1.13. The number of morpholine rings is 1. The Balaban J connectivity index is 2.21. The number of ether oxygens (including phenoxy) is 1. The molecule has 3 nitrogen and oxygen atoms in total. The van der Waals surface area contributed by atoms with Crippen LogP contribution in [-0.2, 0) is 9.53 Å². The third-order valence-electron chi connectivity index (χ3n) is 1.98. The van der Waals surface area contributed by atoms with Crippen molar-refractivity contribution >= 4 is 12.0 Å². The summed E-state index contributed by atoms with van der Waals surface area (Å²) in [5.41, 5.74) is 1.52. The molecule has 0 unspecified atom stereocenters. The van der Waals surface area contributed by atoms with Crippen molar-refractivity contribution in [3.05, 3.63) is 41.6 Å². The van der Waals surface area contributed by atoms with E-state index in [1.165, 1.54) is 0 Å². The summed E-state index contributed by atoms with van der Waals surface area (Å²) >= 11 is 0. The molecular weight excluding hydrogens is 178 g/mol. The summed E-state index contributed by atoms with van der Waals surface area (Å²) in [5, 5.41) is 3.00. The Labute approximate surface area is 82.4 Å². The molecular formula is C11H11NO2. The molecule has 0 amide bonds. The minimum absolute atomic E-state index is 0.278. The van der Waals surface area contributed by atoms with Crippen LogP contribution in [0, 0.1) is 0 Å². The van der Waals surface area contributed by atoms with Crippen LogP contribution >= 0.6 is 0 Å². The van der Waals surface area contributed by atoms with Crippen LogP contribution < -0.4 is 5.32 Å². The maximum atomic E-state index is 11.2. The molecule has 1 saturated heterocycles. The lowest BCUT2D eigenvalue weighted by molar-refractivity contribution is -0.141. The van der Waals surface area contributed by atoms with Crippen LogP contribution in [-0.4, -0.2) is 19.1 Å². The number of hydrogen-bond acceptors (Lipinski definition) is 3. The molecule has 1 aliphatic heterocycles. The average molecular weight is 189 g/mol. The summed E-state index contributed by atoms with van der Waals surface area (Å²) in [4.78, 5) is 11.2. The maximum Gasteiger partial charge on any atom is 0.354 e. The number of rotatable bonds is 1. The van der Waals surface area contributed by atoms with Crippen LogP contribution in [0.2, 0.25) is 0 Å². The van der Waals surface area contributed by atoms with Crippen LogP contribution in [0.3, 0.4) is 0 Å². The van der Waals surface area contributed by atoms with E-state index in [-0.39, 0.29) is 5.97 Å². The maximum absolute atomic E-state index is 11.2. The molecule has 0 aromatic heterocycles. The number of benzene rings is 1. The Kier molecular flexibility index (Phi) is 2.49. The van der Waals surface area contributed by atoms with Gasteiger partial charge in [-0.3, -0.25) is 0 Å². The van der Waals surface area contributed by atoms with Gasteiger partial charge in [0.05, 0.1) is 0 Å². The van der Waals surface area contributed by atoms with Gasteiger partial charge in [0.1, 0.15) is 12.3 Å². The van der Waals surface area contributed by atoms with Crippen LogP contribution in [0.1, 0.15) is 5.56 Å². The third-order valence-corrected chi connectivity index (χ3v) is 1.98. The number of hydrogen-bond donors (Lipinski definition) is 1. The van der Waals surface area contributed by atoms with Gasteiger partial charge in [-0.25, -0.2) is 4.79 Å². The number of esters is 1. The molecule has 1 aromatic rings. The molecule has 1 fully saturated rings. The fourth-order valence-electron chi connectivity index (χ4n) is 1.31. The second kappa shape index (κ2) is 3.96. The predicted octanol–water partition coefficient (Wildman–Crippen LogP) is 1.17. The summed E-state index contributed by atoms with van der Waals surface area (Å²) in [5.74, 6) is -0.278. The summed E-state index contributed by atoms with van der Waals surface area (Å²) in [6.07, 6.45) is 1.79. The van der Waals surface area contributed by atoms with E-state index in [0.29, 0.717) is 18.8 Å². The molecule has 72 valence electrons. The molecule has 0 radical (unpaired) electrons. The van der Waals surface area contributed by atoms with E-state index in [1.807, 2.05) is 30.3 Å². The molecule has 0 aliphatic carbocycles. The minimum Gasteiger partial charge on any atom is -0.459 e. The monoisotopic (exact) mass is 189 g/mol. The smallest absolute Gasteiger partial charge is 0.354 e. The molecule has 0 bridgehead atoms. The van der Waals surface area contributed by atoms with Crippen molar-refractivity contribution < 1.29 is 9.53 Å². The van der Waals surface area contributed by atoms with Gasteiger partial charge in [0.2, 0.25) is 0 Å². The Morgan fingerprint density at radius 3 is 2.79 bits per heavy atom. The SMILES string of the molecule is O=C1OCCN/C1=C\c1ccccc1. The molecule has 0 spiro atoms.